The number of nitrogens with zero attached hydrogens (tertiary/aromatic N) is 1. The fraction of sp³-hybridized carbons (Fsp3) is 0. The third-order valence-electron chi connectivity index (χ3n) is 2.81. The van der Waals surface area contributed by atoms with Crippen LogP contribution in [0.25, 0.3) is 10.1 Å². The van der Waals surface area contributed by atoms with Crippen LogP contribution < -0.4 is 5.32 Å². The van der Waals surface area contributed by atoms with Gasteiger partial charge in [0.2, 0.25) is 0 Å². The zero-order chi connectivity index (χ0) is 13.2. The van der Waals surface area contributed by atoms with E-state index in [0.29, 0.717) is 5.56 Å². The molecule has 0 spiro atoms. The predicted molar refractivity (Wildman–Crippen MR) is 77.9 cm³/mol. The van der Waals surface area contributed by atoms with E-state index >= 15 is 0 Å². The molecule has 0 saturated heterocycles. The van der Waals surface area contributed by atoms with Crippen LogP contribution in [0.1, 0.15) is 5.56 Å². The molecule has 4 heteroatoms. The second-order valence-corrected chi connectivity index (χ2v) is 5.14. The van der Waals surface area contributed by atoms with Gasteiger partial charge in [0.15, 0.2) is 0 Å². The standard InChI is InChI=1S/C15H10N2OS/c16-9-13-12-6-1-2-7-14(12)19-15(13)17-10-4-3-5-11(18)8-10/h1-8,17-18H. The molecule has 0 fully saturated rings. The Hall–Kier alpha value is -2.51. The van der Waals surface area contributed by atoms with Crippen molar-refractivity contribution in [2.75, 3.05) is 5.32 Å². The second-order valence-electron chi connectivity index (χ2n) is 4.09. The number of aromatic hydroxyl groups is 1. The Kier molecular flexibility index (Phi) is 2.82. The van der Waals surface area contributed by atoms with E-state index in [4.69, 9.17) is 0 Å². The molecule has 3 rings (SSSR count). The minimum Gasteiger partial charge on any atom is -0.508 e. The highest BCUT2D eigenvalue weighted by molar-refractivity contribution is 7.23. The zero-order valence-corrected chi connectivity index (χ0v) is 10.7. The maximum absolute atomic E-state index is 9.46. The number of nitriles is 1. The molecule has 3 aromatic rings. The van der Waals surface area contributed by atoms with E-state index in [1.54, 1.807) is 18.2 Å². The van der Waals surface area contributed by atoms with Gasteiger partial charge in [0.05, 0.1) is 5.56 Å². The van der Waals surface area contributed by atoms with Crippen molar-refractivity contribution in [1.82, 2.24) is 0 Å². The van der Waals surface area contributed by atoms with Crippen LogP contribution in [0.2, 0.25) is 0 Å². The summed E-state index contributed by atoms with van der Waals surface area (Å²) in [4.78, 5) is 0. The molecule has 0 radical (unpaired) electrons. The second kappa shape index (κ2) is 4.63. The number of hydrogen-bond acceptors (Lipinski definition) is 4. The number of fused-ring (bicyclic) bond motifs is 1. The number of nitrogens with one attached hydrogen (secondary N) is 1. The molecule has 2 N–H and O–H groups in total. The topological polar surface area (TPSA) is 56.0 Å². The maximum Gasteiger partial charge on any atom is 0.117 e. The monoisotopic (exact) mass is 266 g/mol. The molecule has 1 aromatic heterocycles. The lowest BCUT2D eigenvalue weighted by molar-refractivity contribution is 0.475. The summed E-state index contributed by atoms with van der Waals surface area (Å²) in [6.45, 7) is 0. The van der Waals surface area contributed by atoms with Gasteiger partial charge in [-0.2, -0.15) is 5.26 Å². The first kappa shape index (κ1) is 11.6. The van der Waals surface area contributed by atoms with Gasteiger partial charge in [0.1, 0.15) is 16.8 Å². The minimum absolute atomic E-state index is 0.199. The Bertz CT molecular complexity index is 786. The number of rotatable bonds is 2. The molecule has 0 aliphatic rings. The molecule has 2 aromatic carbocycles. The lowest BCUT2D eigenvalue weighted by Crippen LogP contribution is -1.89. The van der Waals surface area contributed by atoms with Gasteiger partial charge in [0, 0.05) is 21.8 Å². The van der Waals surface area contributed by atoms with Crippen molar-refractivity contribution in [3.8, 4) is 11.8 Å². The van der Waals surface area contributed by atoms with Gasteiger partial charge in [-0.3, -0.25) is 0 Å². The average Bonchev–Trinajstić information content (AvgIpc) is 2.75. The van der Waals surface area contributed by atoms with Gasteiger partial charge in [0.25, 0.3) is 0 Å². The third-order valence-corrected chi connectivity index (χ3v) is 3.90. The first-order valence-corrected chi connectivity index (χ1v) is 6.57. The Morgan fingerprint density at radius 1 is 1.11 bits per heavy atom. The normalized spacial score (nSPS) is 10.3. The first-order valence-electron chi connectivity index (χ1n) is 5.75. The van der Waals surface area contributed by atoms with E-state index in [0.717, 1.165) is 20.8 Å². The molecule has 0 aliphatic heterocycles. The van der Waals surface area contributed by atoms with Crippen LogP contribution in [-0.2, 0) is 0 Å². The van der Waals surface area contributed by atoms with E-state index < -0.39 is 0 Å². The molecule has 1 heterocycles. The van der Waals surface area contributed by atoms with E-state index in [-0.39, 0.29) is 5.75 Å². The van der Waals surface area contributed by atoms with Crippen molar-refractivity contribution in [2.45, 2.75) is 0 Å². The number of phenols is 1. The van der Waals surface area contributed by atoms with E-state index in [1.807, 2.05) is 30.3 Å². The summed E-state index contributed by atoms with van der Waals surface area (Å²) in [5, 5.41) is 23.7. The Balaban J connectivity index is 2.08. The highest BCUT2D eigenvalue weighted by Crippen LogP contribution is 2.37. The van der Waals surface area contributed by atoms with Gasteiger partial charge in [-0.15, -0.1) is 11.3 Å². The minimum atomic E-state index is 0.199. The van der Waals surface area contributed by atoms with Crippen molar-refractivity contribution in [3.05, 3.63) is 54.1 Å². The summed E-state index contributed by atoms with van der Waals surface area (Å²) in [5.41, 5.74) is 1.41. The molecule has 0 saturated carbocycles. The van der Waals surface area contributed by atoms with Gasteiger partial charge in [-0.05, 0) is 18.2 Å². The van der Waals surface area contributed by atoms with E-state index in [9.17, 15) is 10.4 Å². The predicted octanol–water partition coefficient (Wildman–Crippen LogP) is 4.22. The van der Waals surface area contributed by atoms with Crippen LogP contribution in [-0.4, -0.2) is 5.11 Å². The summed E-state index contributed by atoms with van der Waals surface area (Å²) < 4.78 is 1.07. The van der Waals surface area contributed by atoms with Crippen LogP contribution >= 0.6 is 11.3 Å². The summed E-state index contributed by atoms with van der Waals surface area (Å²) in [6, 6.07) is 16.9. The lowest BCUT2D eigenvalue weighted by atomic mass is 10.2. The highest BCUT2D eigenvalue weighted by Gasteiger charge is 2.11. The van der Waals surface area contributed by atoms with E-state index in [2.05, 4.69) is 11.4 Å². The average molecular weight is 266 g/mol. The molecule has 0 aliphatic carbocycles. The fourth-order valence-electron chi connectivity index (χ4n) is 1.96. The molecular formula is C15H10N2OS. The molecule has 0 atom stereocenters. The highest BCUT2D eigenvalue weighted by atomic mass is 32.1. The number of thiophene rings is 1. The fourth-order valence-corrected chi connectivity index (χ4v) is 3.03. The SMILES string of the molecule is N#Cc1c(Nc2cccc(O)c2)sc2ccccc12. The van der Waals surface area contributed by atoms with Crippen LogP contribution in [0, 0.1) is 11.3 Å². The van der Waals surface area contributed by atoms with Crippen molar-refractivity contribution in [3.63, 3.8) is 0 Å². The number of hydrogen-bond donors (Lipinski definition) is 2. The summed E-state index contributed by atoms with van der Waals surface area (Å²) >= 11 is 1.53. The molecule has 0 bridgehead atoms. The molecular weight excluding hydrogens is 256 g/mol. The number of anilines is 2. The van der Waals surface area contributed by atoms with Gasteiger partial charge in [-0.25, -0.2) is 0 Å². The van der Waals surface area contributed by atoms with E-state index in [1.165, 1.54) is 11.3 Å². The van der Waals surface area contributed by atoms with Crippen molar-refractivity contribution in [2.24, 2.45) is 0 Å². The summed E-state index contributed by atoms with van der Waals surface area (Å²) in [5.74, 6) is 0.199. The number of phenolic OH excluding ortho intramolecular Hbond substituents is 1. The Morgan fingerprint density at radius 2 is 1.95 bits per heavy atom. The van der Waals surface area contributed by atoms with Crippen LogP contribution in [0.3, 0.4) is 0 Å². The first-order chi connectivity index (χ1) is 9.28. The molecule has 3 nitrogen and oxygen atoms in total. The van der Waals surface area contributed by atoms with Gasteiger partial charge in [-0.1, -0.05) is 24.3 Å². The molecule has 19 heavy (non-hydrogen) atoms. The quantitative estimate of drug-likeness (QED) is 0.730. The third kappa shape index (κ3) is 2.12. The molecule has 0 amide bonds. The van der Waals surface area contributed by atoms with Crippen LogP contribution in [0.4, 0.5) is 10.7 Å². The lowest BCUT2D eigenvalue weighted by Gasteiger charge is -2.04. The largest absolute Gasteiger partial charge is 0.508 e. The Labute approximate surface area is 114 Å². The van der Waals surface area contributed by atoms with Crippen molar-refractivity contribution < 1.29 is 5.11 Å². The Morgan fingerprint density at radius 3 is 2.74 bits per heavy atom. The van der Waals surface area contributed by atoms with Gasteiger partial charge < -0.3 is 10.4 Å². The summed E-state index contributed by atoms with van der Waals surface area (Å²) in [7, 11) is 0. The zero-order valence-electron chi connectivity index (χ0n) is 9.92. The molecule has 92 valence electrons. The van der Waals surface area contributed by atoms with Crippen molar-refractivity contribution in [1.29, 1.82) is 5.26 Å². The summed E-state index contributed by atoms with van der Waals surface area (Å²) in [6.07, 6.45) is 0. The maximum atomic E-state index is 9.46. The van der Waals surface area contributed by atoms with Crippen LogP contribution in [0.5, 0.6) is 5.75 Å². The van der Waals surface area contributed by atoms with Crippen molar-refractivity contribution >= 4 is 32.1 Å². The smallest absolute Gasteiger partial charge is 0.117 e. The molecule has 0 unspecified atom stereocenters. The number of benzene rings is 2. The van der Waals surface area contributed by atoms with Crippen LogP contribution in [0.15, 0.2) is 48.5 Å². The van der Waals surface area contributed by atoms with Gasteiger partial charge >= 0.3 is 0 Å².